The Kier molecular flexibility index (Phi) is 4.10. The Hall–Kier alpha value is -1.68. The highest BCUT2D eigenvalue weighted by atomic mass is 79.9. The average Bonchev–Trinajstić information content (AvgIpc) is 2.42. The number of Topliss-reactive ketones (excluding diaryl/α,β-unsaturated/α-hetero) is 1. The van der Waals surface area contributed by atoms with Crippen molar-refractivity contribution < 1.29 is 9.53 Å². The number of carbonyl (C=O) groups is 1. The lowest BCUT2D eigenvalue weighted by Crippen LogP contribution is -2.04. The molecule has 0 radical (unpaired) electrons. The summed E-state index contributed by atoms with van der Waals surface area (Å²) in [4.78, 5) is 16.0. The van der Waals surface area contributed by atoms with Crippen molar-refractivity contribution in [2.75, 3.05) is 7.11 Å². The minimum atomic E-state index is 0.0389. The van der Waals surface area contributed by atoms with Crippen LogP contribution in [0, 0.1) is 0 Å². The van der Waals surface area contributed by atoms with Crippen molar-refractivity contribution in [1.82, 2.24) is 4.98 Å². The van der Waals surface area contributed by atoms with Gasteiger partial charge in [-0.3, -0.25) is 9.78 Å². The van der Waals surface area contributed by atoms with E-state index in [-0.39, 0.29) is 5.78 Å². The van der Waals surface area contributed by atoms with Crippen molar-refractivity contribution >= 4 is 21.7 Å². The van der Waals surface area contributed by atoms with E-state index in [1.807, 2.05) is 18.2 Å². The number of benzene rings is 1. The number of hydrogen-bond donors (Lipinski definition) is 0. The molecule has 0 saturated heterocycles. The summed E-state index contributed by atoms with van der Waals surface area (Å²) >= 11 is 3.44. The molecule has 0 N–H and O–H groups in total. The maximum absolute atomic E-state index is 12.1. The third-order valence-electron chi connectivity index (χ3n) is 2.59. The SMILES string of the molecule is COc1ccc(Br)c(CC(=O)c2cccnc2)c1. The molecule has 1 aromatic carbocycles. The van der Waals surface area contributed by atoms with Gasteiger partial charge < -0.3 is 4.74 Å². The number of rotatable bonds is 4. The zero-order chi connectivity index (χ0) is 13.0. The van der Waals surface area contributed by atoms with Gasteiger partial charge in [-0.2, -0.15) is 0 Å². The smallest absolute Gasteiger partial charge is 0.168 e. The molecule has 0 aliphatic rings. The quantitative estimate of drug-likeness (QED) is 0.814. The Morgan fingerprint density at radius 1 is 1.39 bits per heavy atom. The van der Waals surface area contributed by atoms with Crippen molar-refractivity contribution in [3.63, 3.8) is 0 Å². The maximum atomic E-state index is 12.1. The number of aromatic nitrogens is 1. The Balaban J connectivity index is 2.21. The summed E-state index contributed by atoms with van der Waals surface area (Å²) in [5.41, 5.74) is 1.52. The minimum absolute atomic E-state index is 0.0389. The second kappa shape index (κ2) is 5.78. The Bertz CT molecular complexity index is 555. The van der Waals surface area contributed by atoms with E-state index < -0.39 is 0 Å². The molecule has 2 rings (SSSR count). The normalized spacial score (nSPS) is 10.1. The van der Waals surface area contributed by atoms with Crippen LogP contribution in [0.2, 0.25) is 0 Å². The lowest BCUT2D eigenvalue weighted by Gasteiger charge is -2.06. The predicted octanol–water partition coefficient (Wildman–Crippen LogP) is 3.28. The molecule has 0 saturated carbocycles. The molecule has 0 spiro atoms. The molecular formula is C14H12BrNO2. The fourth-order valence-electron chi connectivity index (χ4n) is 1.62. The van der Waals surface area contributed by atoms with E-state index in [2.05, 4.69) is 20.9 Å². The molecule has 0 unspecified atom stereocenters. The lowest BCUT2D eigenvalue weighted by atomic mass is 10.0. The highest BCUT2D eigenvalue weighted by Gasteiger charge is 2.10. The molecule has 18 heavy (non-hydrogen) atoms. The van der Waals surface area contributed by atoms with Crippen LogP contribution in [0.4, 0.5) is 0 Å². The predicted molar refractivity (Wildman–Crippen MR) is 73.0 cm³/mol. The number of carbonyl (C=O) groups excluding carboxylic acids is 1. The lowest BCUT2D eigenvalue weighted by molar-refractivity contribution is 0.0992. The summed E-state index contributed by atoms with van der Waals surface area (Å²) in [6.45, 7) is 0. The number of ketones is 1. The van der Waals surface area contributed by atoms with Crippen LogP contribution in [0.25, 0.3) is 0 Å². The van der Waals surface area contributed by atoms with Crippen LogP contribution in [0.1, 0.15) is 15.9 Å². The van der Waals surface area contributed by atoms with Gasteiger partial charge in [0.05, 0.1) is 7.11 Å². The van der Waals surface area contributed by atoms with Crippen LogP contribution >= 0.6 is 15.9 Å². The van der Waals surface area contributed by atoms with Gasteiger partial charge in [-0.05, 0) is 35.9 Å². The second-order valence-electron chi connectivity index (χ2n) is 3.80. The third kappa shape index (κ3) is 2.96. The largest absolute Gasteiger partial charge is 0.497 e. The van der Waals surface area contributed by atoms with Gasteiger partial charge in [0.15, 0.2) is 5.78 Å². The van der Waals surface area contributed by atoms with E-state index in [1.165, 1.54) is 0 Å². The molecule has 0 amide bonds. The monoisotopic (exact) mass is 305 g/mol. The van der Waals surface area contributed by atoms with Gasteiger partial charge in [-0.1, -0.05) is 15.9 Å². The summed E-state index contributed by atoms with van der Waals surface area (Å²) in [6, 6.07) is 9.11. The molecule has 4 heteroatoms. The van der Waals surface area contributed by atoms with Gasteiger partial charge >= 0.3 is 0 Å². The van der Waals surface area contributed by atoms with E-state index in [9.17, 15) is 4.79 Å². The van der Waals surface area contributed by atoms with Crippen LogP contribution in [-0.2, 0) is 6.42 Å². The fourth-order valence-corrected chi connectivity index (χ4v) is 2.00. The van der Waals surface area contributed by atoms with Crippen LogP contribution in [-0.4, -0.2) is 17.9 Å². The first kappa shape index (κ1) is 12.8. The number of methoxy groups -OCH3 is 1. The zero-order valence-corrected chi connectivity index (χ0v) is 11.5. The summed E-state index contributed by atoms with van der Waals surface area (Å²) in [5.74, 6) is 0.782. The molecule has 1 aromatic heterocycles. The standard InChI is InChI=1S/C14H12BrNO2/c1-18-12-4-5-13(15)11(7-12)8-14(17)10-3-2-6-16-9-10/h2-7,9H,8H2,1H3. The maximum Gasteiger partial charge on any atom is 0.168 e. The van der Waals surface area contributed by atoms with E-state index in [0.29, 0.717) is 12.0 Å². The van der Waals surface area contributed by atoms with Crippen molar-refractivity contribution in [2.45, 2.75) is 6.42 Å². The molecular weight excluding hydrogens is 294 g/mol. The number of ether oxygens (including phenoxy) is 1. The highest BCUT2D eigenvalue weighted by Crippen LogP contribution is 2.23. The highest BCUT2D eigenvalue weighted by molar-refractivity contribution is 9.10. The summed E-state index contributed by atoms with van der Waals surface area (Å²) in [5, 5.41) is 0. The second-order valence-corrected chi connectivity index (χ2v) is 4.65. The summed E-state index contributed by atoms with van der Waals surface area (Å²) in [6.07, 6.45) is 3.55. The first-order valence-corrected chi connectivity index (χ1v) is 6.25. The number of hydrogen-bond acceptors (Lipinski definition) is 3. The number of halogens is 1. The van der Waals surface area contributed by atoms with E-state index in [1.54, 1.807) is 31.6 Å². The van der Waals surface area contributed by atoms with E-state index >= 15 is 0 Å². The molecule has 0 aliphatic heterocycles. The topological polar surface area (TPSA) is 39.2 Å². The number of nitrogens with zero attached hydrogens (tertiary/aromatic N) is 1. The minimum Gasteiger partial charge on any atom is -0.497 e. The van der Waals surface area contributed by atoms with Crippen LogP contribution in [0.15, 0.2) is 47.2 Å². The van der Waals surface area contributed by atoms with Gasteiger partial charge in [0.1, 0.15) is 5.75 Å². The number of pyridine rings is 1. The Labute approximate surface area is 114 Å². The van der Waals surface area contributed by atoms with E-state index in [4.69, 9.17) is 4.74 Å². The molecule has 92 valence electrons. The summed E-state index contributed by atoms with van der Waals surface area (Å²) < 4.78 is 6.06. The zero-order valence-electron chi connectivity index (χ0n) is 9.89. The molecule has 1 heterocycles. The van der Waals surface area contributed by atoms with Gasteiger partial charge in [-0.15, -0.1) is 0 Å². The first-order chi connectivity index (χ1) is 8.70. The third-order valence-corrected chi connectivity index (χ3v) is 3.36. The van der Waals surface area contributed by atoms with Crippen molar-refractivity contribution in [3.8, 4) is 5.75 Å². The Morgan fingerprint density at radius 3 is 2.89 bits per heavy atom. The van der Waals surface area contributed by atoms with Gasteiger partial charge in [-0.25, -0.2) is 0 Å². The van der Waals surface area contributed by atoms with E-state index in [0.717, 1.165) is 15.8 Å². The van der Waals surface area contributed by atoms with Crippen LogP contribution in [0.5, 0.6) is 5.75 Å². The molecule has 0 fully saturated rings. The van der Waals surface area contributed by atoms with Crippen molar-refractivity contribution in [1.29, 1.82) is 0 Å². The Morgan fingerprint density at radius 2 is 2.22 bits per heavy atom. The van der Waals surface area contributed by atoms with Crippen LogP contribution < -0.4 is 4.74 Å². The first-order valence-electron chi connectivity index (χ1n) is 5.46. The van der Waals surface area contributed by atoms with Crippen molar-refractivity contribution in [3.05, 3.63) is 58.3 Å². The van der Waals surface area contributed by atoms with Crippen LogP contribution in [0.3, 0.4) is 0 Å². The summed E-state index contributed by atoms with van der Waals surface area (Å²) in [7, 11) is 1.61. The van der Waals surface area contributed by atoms with Gasteiger partial charge in [0, 0.05) is 28.9 Å². The molecule has 0 bridgehead atoms. The molecule has 3 nitrogen and oxygen atoms in total. The van der Waals surface area contributed by atoms with Gasteiger partial charge in [0.2, 0.25) is 0 Å². The molecule has 0 aliphatic carbocycles. The molecule has 2 aromatic rings. The fraction of sp³-hybridized carbons (Fsp3) is 0.143. The van der Waals surface area contributed by atoms with Gasteiger partial charge in [0.25, 0.3) is 0 Å². The molecule has 0 atom stereocenters. The average molecular weight is 306 g/mol. The van der Waals surface area contributed by atoms with Crippen molar-refractivity contribution in [2.24, 2.45) is 0 Å².